The molecule has 116 valence electrons. The van der Waals surface area contributed by atoms with E-state index < -0.39 is 4.92 Å². The highest BCUT2D eigenvalue weighted by Gasteiger charge is 2.11. The number of aromatic nitrogens is 4. The first-order chi connectivity index (χ1) is 11.0. The molecule has 3 rings (SSSR count). The molecule has 2 heterocycles. The van der Waals surface area contributed by atoms with Gasteiger partial charge in [-0.25, -0.2) is 9.97 Å². The number of nitrogens with zero attached hydrogens (tertiary/aromatic N) is 5. The van der Waals surface area contributed by atoms with Gasteiger partial charge in [-0.3, -0.25) is 14.8 Å². The van der Waals surface area contributed by atoms with Gasteiger partial charge in [0.2, 0.25) is 5.88 Å². The topological polar surface area (TPSA) is 96.0 Å². The van der Waals surface area contributed by atoms with E-state index in [2.05, 4.69) is 31.0 Å². The van der Waals surface area contributed by atoms with Crippen LogP contribution in [0.25, 0.3) is 11.3 Å². The van der Waals surface area contributed by atoms with Crippen molar-refractivity contribution in [3.05, 3.63) is 57.6 Å². The zero-order valence-corrected chi connectivity index (χ0v) is 13.5. The summed E-state index contributed by atoms with van der Waals surface area (Å²) in [6.45, 7) is 0. The number of hydrogen-bond acceptors (Lipinski definition) is 6. The Labute approximate surface area is 139 Å². The minimum Gasteiger partial charge on any atom is -0.437 e. The highest BCUT2D eigenvalue weighted by Crippen LogP contribution is 2.29. The Balaban J connectivity index is 1.82. The molecule has 0 saturated carbocycles. The lowest BCUT2D eigenvalue weighted by atomic mass is 10.3. The van der Waals surface area contributed by atoms with Gasteiger partial charge in [0.15, 0.2) is 0 Å². The molecule has 8 nitrogen and oxygen atoms in total. The van der Waals surface area contributed by atoms with Crippen LogP contribution in [0.4, 0.5) is 5.69 Å². The quantitative estimate of drug-likeness (QED) is 0.512. The molecule has 23 heavy (non-hydrogen) atoms. The van der Waals surface area contributed by atoms with E-state index in [1.165, 1.54) is 18.3 Å². The fourth-order valence-electron chi connectivity index (χ4n) is 1.90. The monoisotopic (exact) mass is 375 g/mol. The SMILES string of the molecule is Cn1cc(-c2cnc(Oc3cc(Br)cc([N+](=O)[O-])c3)cn2)cn1. The molecule has 0 atom stereocenters. The van der Waals surface area contributed by atoms with Crippen LogP contribution in [0.2, 0.25) is 0 Å². The van der Waals surface area contributed by atoms with Crippen LogP contribution in [0, 0.1) is 10.1 Å². The second-order valence-corrected chi connectivity index (χ2v) is 5.56. The smallest absolute Gasteiger partial charge is 0.274 e. The van der Waals surface area contributed by atoms with Crippen LogP contribution >= 0.6 is 15.9 Å². The molecule has 0 fully saturated rings. The molecule has 0 aliphatic carbocycles. The second kappa shape index (κ2) is 6.13. The number of nitro groups is 1. The predicted molar refractivity (Wildman–Crippen MR) is 85.1 cm³/mol. The molecule has 0 radical (unpaired) electrons. The van der Waals surface area contributed by atoms with Gasteiger partial charge in [0.25, 0.3) is 5.69 Å². The maximum Gasteiger partial charge on any atom is 0.274 e. The number of rotatable bonds is 4. The lowest BCUT2D eigenvalue weighted by Gasteiger charge is -2.05. The highest BCUT2D eigenvalue weighted by atomic mass is 79.9. The average molecular weight is 376 g/mol. The third-order valence-corrected chi connectivity index (χ3v) is 3.38. The molecule has 0 bridgehead atoms. The standard InChI is InChI=1S/C14H10BrN5O3/c1-19-8-9(5-18-19)13-6-17-14(7-16-13)23-12-3-10(15)2-11(4-12)20(21)22/h2-8H,1H3. The van der Waals surface area contributed by atoms with Crippen molar-refractivity contribution in [2.24, 2.45) is 7.05 Å². The molecule has 3 aromatic rings. The summed E-state index contributed by atoms with van der Waals surface area (Å²) in [6, 6.07) is 4.33. The highest BCUT2D eigenvalue weighted by molar-refractivity contribution is 9.10. The number of hydrogen-bond donors (Lipinski definition) is 0. The van der Waals surface area contributed by atoms with Gasteiger partial charge in [-0.1, -0.05) is 15.9 Å². The first-order valence-corrected chi connectivity index (χ1v) is 7.24. The van der Waals surface area contributed by atoms with E-state index in [0.29, 0.717) is 15.9 Å². The van der Waals surface area contributed by atoms with Gasteiger partial charge in [-0.05, 0) is 6.07 Å². The van der Waals surface area contributed by atoms with Gasteiger partial charge < -0.3 is 4.74 Å². The van der Waals surface area contributed by atoms with E-state index in [4.69, 9.17) is 4.74 Å². The van der Waals surface area contributed by atoms with Crippen molar-refractivity contribution < 1.29 is 9.66 Å². The van der Waals surface area contributed by atoms with Crippen LogP contribution in [0.1, 0.15) is 0 Å². The Morgan fingerprint density at radius 2 is 2.04 bits per heavy atom. The minimum atomic E-state index is -0.491. The first-order valence-electron chi connectivity index (χ1n) is 6.45. The largest absolute Gasteiger partial charge is 0.437 e. The average Bonchev–Trinajstić information content (AvgIpc) is 2.94. The molecule has 2 aromatic heterocycles. The van der Waals surface area contributed by atoms with Gasteiger partial charge in [-0.15, -0.1) is 0 Å². The van der Waals surface area contributed by atoms with Gasteiger partial charge in [0, 0.05) is 29.3 Å². The zero-order chi connectivity index (χ0) is 16.4. The third-order valence-electron chi connectivity index (χ3n) is 2.92. The van der Waals surface area contributed by atoms with E-state index in [1.807, 2.05) is 13.2 Å². The molecular formula is C14H10BrN5O3. The molecule has 0 aliphatic rings. The van der Waals surface area contributed by atoms with Crippen LogP contribution in [-0.2, 0) is 7.05 Å². The van der Waals surface area contributed by atoms with Crippen LogP contribution in [0.15, 0.2) is 47.5 Å². The fraction of sp³-hybridized carbons (Fsp3) is 0.0714. The second-order valence-electron chi connectivity index (χ2n) is 4.65. The number of aryl methyl sites for hydroxylation is 1. The Morgan fingerprint density at radius 3 is 2.65 bits per heavy atom. The fourth-order valence-corrected chi connectivity index (χ4v) is 2.36. The summed E-state index contributed by atoms with van der Waals surface area (Å²) in [5.41, 5.74) is 1.42. The van der Waals surface area contributed by atoms with E-state index in [1.54, 1.807) is 23.1 Å². The summed E-state index contributed by atoms with van der Waals surface area (Å²) in [4.78, 5) is 18.8. The van der Waals surface area contributed by atoms with Crippen LogP contribution in [-0.4, -0.2) is 24.7 Å². The number of non-ortho nitro benzene ring substituents is 1. The van der Waals surface area contributed by atoms with Crippen molar-refractivity contribution in [2.45, 2.75) is 0 Å². The Kier molecular flexibility index (Phi) is 4.02. The van der Waals surface area contributed by atoms with Crippen molar-refractivity contribution in [2.75, 3.05) is 0 Å². The minimum absolute atomic E-state index is 0.0747. The van der Waals surface area contributed by atoms with Crippen molar-refractivity contribution in [3.8, 4) is 22.9 Å². The van der Waals surface area contributed by atoms with Crippen molar-refractivity contribution >= 4 is 21.6 Å². The van der Waals surface area contributed by atoms with Crippen molar-refractivity contribution in [1.82, 2.24) is 19.7 Å². The van der Waals surface area contributed by atoms with Crippen LogP contribution in [0.3, 0.4) is 0 Å². The maximum absolute atomic E-state index is 10.9. The Bertz CT molecular complexity index is 863. The van der Waals surface area contributed by atoms with Gasteiger partial charge in [0.1, 0.15) is 5.75 Å². The summed E-state index contributed by atoms with van der Waals surface area (Å²) in [5.74, 6) is 0.541. The molecule has 0 unspecified atom stereocenters. The van der Waals surface area contributed by atoms with Crippen LogP contribution < -0.4 is 4.74 Å². The molecule has 0 N–H and O–H groups in total. The van der Waals surface area contributed by atoms with E-state index in [0.717, 1.165) is 5.56 Å². The van der Waals surface area contributed by atoms with E-state index in [-0.39, 0.29) is 11.6 Å². The summed E-state index contributed by atoms with van der Waals surface area (Å²) in [7, 11) is 1.81. The van der Waals surface area contributed by atoms with E-state index >= 15 is 0 Å². The molecule has 1 aromatic carbocycles. The summed E-state index contributed by atoms with van der Waals surface area (Å²) < 4.78 is 7.73. The molecular weight excluding hydrogens is 366 g/mol. The molecule has 0 aliphatic heterocycles. The lowest BCUT2D eigenvalue weighted by Crippen LogP contribution is -1.93. The van der Waals surface area contributed by atoms with Crippen molar-refractivity contribution in [3.63, 3.8) is 0 Å². The first kappa shape index (κ1) is 15.1. The molecule has 0 amide bonds. The number of nitro benzene ring substituents is 1. The van der Waals surface area contributed by atoms with Crippen molar-refractivity contribution in [1.29, 1.82) is 0 Å². The molecule has 0 saturated heterocycles. The lowest BCUT2D eigenvalue weighted by molar-refractivity contribution is -0.385. The zero-order valence-electron chi connectivity index (χ0n) is 11.9. The number of ether oxygens (including phenoxy) is 1. The summed E-state index contributed by atoms with van der Waals surface area (Å²) in [5, 5.41) is 14.9. The number of benzene rings is 1. The van der Waals surface area contributed by atoms with Gasteiger partial charge in [0.05, 0.1) is 35.3 Å². The normalized spacial score (nSPS) is 10.5. The maximum atomic E-state index is 10.9. The van der Waals surface area contributed by atoms with Gasteiger partial charge in [-0.2, -0.15) is 5.10 Å². The number of halogens is 1. The van der Waals surface area contributed by atoms with E-state index in [9.17, 15) is 10.1 Å². The predicted octanol–water partition coefficient (Wildman–Crippen LogP) is 3.34. The summed E-state index contributed by atoms with van der Waals surface area (Å²) >= 11 is 3.21. The molecule has 9 heteroatoms. The third kappa shape index (κ3) is 3.51. The van der Waals surface area contributed by atoms with Gasteiger partial charge >= 0.3 is 0 Å². The Morgan fingerprint density at radius 1 is 1.22 bits per heavy atom. The Hall–Kier alpha value is -2.81. The summed E-state index contributed by atoms with van der Waals surface area (Å²) in [6.07, 6.45) is 6.51. The van der Waals surface area contributed by atoms with Crippen LogP contribution in [0.5, 0.6) is 11.6 Å². The molecule has 0 spiro atoms.